The molecule has 114 valence electrons. The van der Waals surface area contributed by atoms with Crippen molar-refractivity contribution in [3.8, 4) is 5.75 Å². The molecule has 1 aromatic carbocycles. The average molecular weight is 433 g/mol. The van der Waals surface area contributed by atoms with Crippen molar-refractivity contribution in [1.29, 1.82) is 0 Å². The first kappa shape index (κ1) is 16.4. The van der Waals surface area contributed by atoms with E-state index in [4.69, 9.17) is 16.3 Å². The van der Waals surface area contributed by atoms with Crippen LogP contribution in [0, 0.1) is 6.92 Å². The number of alkyl halides is 4. The van der Waals surface area contributed by atoms with Gasteiger partial charge in [-0.25, -0.2) is 4.79 Å². The van der Waals surface area contributed by atoms with Crippen molar-refractivity contribution in [2.45, 2.75) is 19.2 Å². The van der Waals surface area contributed by atoms with E-state index in [1.165, 1.54) is 12.1 Å². The van der Waals surface area contributed by atoms with Gasteiger partial charge in [-0.3, -0.25) is 0 Å². The maximum atomic E-state index is 13.1. The van der Waals surface area contributed by atoms with E-state index >= 15 is 0 Å². The predicted octanol–water partition coefficient (Wildman–Crippen LogP) is 4.29. The van der Waals surface area contributed by atoms with Gasteiger partial charge in [0.1, 0.15) is 10.4 Å². The molecule has 0 saturated heterocycles. The van der Waals surface area contributed by atoms with Crippen LogP contribution in [0.25, 0.3) is 6.08 Å². The first-order valence-corrected chi connectivity index (χ1v) is 7.62. The fourth-order valence-electron chi connectivity index (χ4n) is 1.99. The van der Waals surface area contributed by atoms with Crippen LogP contribution in [0.3, 0.4) is 0 Å². The third-order valence-corrected chi connectivity index (χ3v) is 3.35. The lowest BCUT2D eigenvalue weighted by Gasteiger charge is -2.28. The van der Waals surface area contributed by atoms with Crippen LogP contribution in [0.4, 0.5) is 13.2 Å². The van der Waals surface area contributed by atoms with Crippen molar-refractivity contribution in [1.82, 2.24) is 0 Å². The van der Waals surface area contributed by atoms with Crippen molar-refractivity contribution in [2.75, 3.05) is 4.61 Å². The molecule has 0 amide bonds. The van der Waals surface area contributed by atoms with Gasteiger partial charge in [-0.1, -0.05) is 11.6 Å². The Morgan fingerprint density at radius 1 is 1.48 bits per heavy atom. The number of benzene rings is 1. The number of carbonyl (C=O) groups excluding carboxylic acids is 1. The highest BCUT2D eigenvalue weighted by Gasteiger charge is 2.49. The molecule has 0 bridgehead atoms. The van der Waals surface area contributed by atoms with Crippen molar-refractivity contribution >= 4 is 46.2 Å². The standard InChI is InChI=1S/C13H9ClF3IO3/c1-6-2-8(14)3-7-4-9(12(19)20-5-18)11(13(15,16)17)21-10(6)7/h2-4,11H,5H2,1H3. The number of hydrogen-bond donors (Lipinski definition) is 0. The first-order chi connectivity index (χ1) is 9.74. The maximum absolute atomic E-state index is 13.1. The van der Waals surface area contributed by atoms with Crippen molar-refractivity contribution in [2.24, 2.45) is 0 Å². The number of halogens is 5. The molecule has 0 aromatic heterocycles. The fourth-order valence-corrected chi connectivity index (χ4v) is 2.55. The van der Waals surface area contributed by atoms with E-state index in [2.05, 4.69) is 4.74 Å². The lowest BCUT2D eigenvalue weighted by atomic mass is 9.99. The van der Waals surface area contributed by atoms with Crippen LogP contribution >= 0.6 is 34.2 Å². The van der Waals surface area contributed by atoms with Crippen molar-refractivity contribution in [3.05, 3.63) is 33.9 Å². The molecule has 0 N–H and O–H groups in total. The van der Waals surface area contributed by atoms with Gasteiger partial charge in [0.25, 0.3) is 0 Å². The van der Waals surface area contributed by atoms with E-state index < -0.39 is 23.8 Å². The number of hydrogen-bond acceptors (Lipinski definition) is 3. The molecular formula is C13H9ClF3IO3. The summed E-state index contributed by atoms with van der Waals surface area (Å²) in [5.41, 5.74) is 0.193. The molecule has 1 aliphatic heterocycles. The van der Waals surface area contributed by atoms with Crippen LogP contribution in [0.5, 0.6) is 5.75 Å². The zero-order valence-electron chi connectivity index (χ0n) is 10.6. The van der Waals surface area contributed by atoms with E-state index in [-0.39, 0.29) is 10.4 Å². The highest BCUT2D eigenvalue weighted by molar-refractivity contribution is 14.1. The van der Waals surface area contributed by atoms with Crippen LogP contribution in [0.2, 0.25) is 5.02 Å². The Morgan fingerprint density at radius 2 is 2.14 bits per heavy atom. The summed E-state index contributed by atoms with van der Waals surface area (Å²) in [7, 11) is 0. The number of ether oxygens (including phenoxy) is 2. The molecule has 1 aromatic rings. The summed E-state index contributed by atoms with van der Waals surface area (Å²) in [4.78, 5) is 11.7. The summed E-state index contributed by atoms with van der Waals surface area (Å²) in [6.07, 6.45) is -5.95. The van der Waals surface area contributed by atoms with Gasteiger partial charge in [0.2, 0.25) is 6.10 Å². The summed E-state index contributed by atoms with van der Waals surface area (Å²) in [6, 6.07) is 2.93. The second-order valence-electron chi connectivity index (χ2n) is 4.32. The van der Waals surface area contributed by atoms with Crippen LogP contribution in [-0.4, -0.2) is 22.9 Å². The first-order valence-electron chi connectivity index (χ1n) is 5.72. The number of esters is 1. The molecule has 1 aliphatic rings. The molecule has 2 rings (SSSR count). The van der Waals surface area contributed by atoms with Gasteiger partial charge in [0, 0.05) is 10.6 Å². The Hall–Kier alpha value is -0.960. The summed E-state index contributed by atoms with van der Waals surface area (Å²) < 4.78 is 48.9. The van der Waals surface area contributed by atoms with E-state index in [0.29, 0.717) is 16.1 Å². The van der Waals surface area contributed by atoms with E-state index in [1.54, 1.807) is 29.5 Å². The number of rotatable bonds is 2. The zero-order chi connectivity index (χ0) is 15.8. The van der Waals surface area contributed by atoms with Crippen LogP contribution in [-0.2, 0) is 9.53 Å². The second-order valence-corrected chi connectivity index (χ2v) is 5.38. The number of aryl methyl sites for hydroxylation is 1. The largest absolute Gasteiger partial charge is 0.475 e. The highest BCUT2D eigenvalue weighted by Crippen LogP contribution is 2.40. The summed E-state index contributed by atoms with van der Waals surface area (Å²) >= 11 is 7.60. The highest BCUT2D eigenvalue weighted by atomic mass is 127. The molecule has 0 aliphatic carbocycles. The quantitative estimate of drug-likeness (QED) is 0.397. The number of fused-ring (bicyclic) bond motifs is 1. The van der Waals surface area contributed by atoms with Crippen molar-refractivity contribution < 1.29 is 27.4 Å². The Morgan fingerprint density at radius 3 is 2.71 bits per heavy atom. The second kappa shape index (κ2) is 6.04. The number of carbonyl (C=O) groups is 1. The topological polar surface area (TPSA) is 35.5 Å². The predicted molar refractivity (Wildman–Crippen MR) is 79.6 cm³/mol. The Bertz CT molecular complexity index is 613. The monoisotopic (exact) mass is 432 g/mol. The summed E-state index contributed by atoms with van der Waals surface area (Å²) in [6.45, 7) is 1.58. The van der Waals surface area contributed by atoms with Crippen LogP contribution < -0.4 is 4.74 Å². The fraction of sp³-hybridized carbons (Fsp3) is 0.308. The van der Waals surface area contributed by atoms with Gasteiger partial charge in [0.15, 0.2) is 0 Å². The molecule has 0 spiro atoms. The Balaban J connectivity index is 2.55. The molecule has 21 heavy (non-hydrogen) atoms. The van der Waals surface area contributed by atoms with Gasteiger partial charge in [-0.2, -0.15) is 13.2 Å². The summed E-state index contributed by atoms with van der Waals surface area (Å²) in [5, 5.41) is 0.346. The minimum absolute atomic E-state index is 0.0556. The molecule has 1 atom stereocenters. The normalized spacial score (nSPS) is 17.6. The molecule has 0 radical (unpaired) electrons. The molecule has 0 saturated carbocycles. The molecule has 1 heterocycles. The van der Waals surface area contributed by atoms with Crippen LogP contribution in [0.1, 0.15) is 11.1 Å². The van der Waals surface area contributed by atoms with E-state index in [1.807, 2.05) is 0 Å². The Labute approximate surface area is 137 Å². The SMILES string of the molecule is Cc1cc(Cl)cc2c1OC(C(F)(F)F)C(C(=O)OCI)=C2. The molecule has 1 unspecified atom stereocenters. The summed E-state index contributed by atoms with van der Waals surface area (Å²) in [5.74, 6) is -0.997. The van der Waals surface area contributed by atoms with Crippen LogP contribution in [0.15, 0.2) is 17.7 Å². The molecule has 0 fully saturated rings. The smallest absolute Gasteiger partial charge is 0.430 e. The van der Waals surface area contributed by atoms with Gasteiger partial charge >= 0.3 is 12.1 Å². The molecular weight excluding hydrogens is 423 g/mol. The van der Waals surface area contributed by atoms with E-state index in [9.17, 15) is 18.0 Å². The van der Waals surface area contributed by atoms with Gasteiger partial charge in [-0.15, -0.1) is 0 Å². The molecule has 8 heteroatoms. The third-order valence-electron chi connectivity index (χ3n) is 2.82. The maximum Gasteiger partial charge on any atom is 0.430 e. The van der Waals surface area contributed by atoms with Crippen molar-refractivity contribution in [3.63, 3.8) is 0 Å². The van der Waals surface area contributed by atoms with Gasteiger partial charge in [0.05, 0.1) is 5.57 Å². The average Bonchev–Trinajstić information content (AvgIpc) is 2.36. The molecule has 3 nitrogen and oxygen atoms in total. The minimum atomic E-state index is -4.72. The van der Waals surface area contributed by atoms with Gasteiger partial charge < -0.3 is 9.47 Å². The lowest BCUT2D eigenvalue weighted by molar-refractivity contribution is -0.187. The minimum Gasteiger partial charge on any atom is -0.475 e. The Kier molecular flexibility index (Phi) is 4.72. The van der Waals surface area contributed by atoms with Gasteiger partial charge in [-0.05, 0) is 53.3 Å². The third kappa shape index (κ3) is 3.45. The zero-order valence-corrected chi connectivity index (χ0v) is 13.5. The van der Waals surface area contributed by atoms with E-state index in [0.717, 1.165) is 6.08 Å². The lowest BCUT2D eigenvalue weighted by Crippen LogP contribution is -2.41.